The highest BCUT2D eigenvalue weighted by Crippen LogP contribution is 2.58. The Morgan fingerprint density at radius 2 is 1.61 bits per heavy atom. The topological polar surface area (TPSA) is 272 Å². The first-order valence-electron chi connectivity index (χ1n) is 12.5. The van der Waals surface area contributed by atoms with Crippen molar-refractivity contribution < 1.29 is 47.2 Å². The summed E-state index contributed by atoms with van der Waals surface area (Å²) in [5.74, 6) is -0.349. The lowest BCUT2D eigenvalue weighted by molar-refractivity contribution is -0.0485. The minimum atomic E-state index is -4.29. The standard InChI is InChI=1S/C20H22N10O10P2S2/c21-15-9-17(25-3-23-15)29(5-27-9)19-12(32)13-8(38-19)2-36-42(34,44)40-14-11(31)7(1-35-41(33,43)39-13)37-20(14)30-6-28-10-16(22)24-4-26-18(10)30/h3-8,11-13,19,31-32H,1-2H2,(H,33,43)(H,34,44)(H2,21,23,25)(H2,22,24,26)/t7-,8-,11?,12?,13?,19-,41?,42?/m1/s1. The van der Waals surface area contributed by atoms with Crippen molar-refractivity contribution in [2.45, 2.75) is 36.7 Å². The molecule has 234 valence electrons. The monoisotopic (exact) mass is 688 g/mol. The van der Waals surface area contributed by atoms with Gasteiger partial charge in [0.05, 0.1) is 19.5 Å². The minimum absolute atomic E-state index is 0.0763. The van der Waals surface area contributed by atoms with Crippen LogP contribution in [0, 0.1) is 0 Å². The van der Waals surface area contributed by atoms with Crippen LogP contribution in [0.3, 0.4) is 0 Å². The van der Waals surface area contributed by atoms with Crippen LogP contribution in [0.5, 0.6) is 0 Å². The zero-order chi connectivity index (χ0) is 31.0. The Kier molecular flexibility index (Phi) is 7.29. The molecule has 5 unspecified atom stereocenters. The van der Waals surface area contributed by atoms with Gasteiger partial charge in [-0.1, -0.05) is 12.2 Å². The fraction of sp³-hybridized carbons (Fsp3) is 0.400. The van der Waals surface area contributed by atoms with E-state index < -0.39 is 63.5 Å². The second-order valence-corrected chi connectivity index (χ2v) is 15.3. The molecule has 2 fully saturated rings. The van der Waals surface area contributed by atoms with E-state index in [1.54, 1.807) is 0 Å². The van der Waals surface area contributed by atoms with Crippen molar-refractivity contribution >= 4 is 77.4 Å². The molecular formula is C20H22N10O10P2S2. The van der Waals surface area contributed by atoms with Gasteiger partial charge in [0, 0.05) is 11.8 Å². The van der Waals surface area contributed by atoms with E-state index in [1.807, 2.05) is 0 Å². The number of anilines is 2. The number of nitrogen functional groups attached to an aromatic ring is 2. The summed E-state index contributed by atoms with van der Waals surface area (Å²) in [7, 11) is 0. The smallest absolute Gasteiger partial charge is 0.386 e. The van der Waals surface area contributed by atoms with Crippen molar-refractivity contribution in [1.82, 2.24) is 39.0 Å². The predicted octanol–water partition coefficient (Wildman–Crippen LogP) is -0.322. The maximum Gasteiger partial charge on any atom is 0.386 e. The Morgan fingerprint density at radius 3 is 2.36 bits per heavy atom. The van der Waals surface area contributed by atoms with Gasteiger partial charge in [0.25, 0.3) is 0 Å². The number of thiol groups is 1. The number of aliphatic hydroxyl groups excluding tert-OH is 2. The van der Waals surface area contributed by atoms with Gasteiger partial charge < -0.3 is 40.6 Å². The molecule has 0 saturated carbocycles. The number of hydrogen-bond acceptors (Lipinski definition) is 18. The Morgan fingerprint density at radius 1 is 0.955 bits per heavy atom. The number of nitrogens with two attached hydrogens (primary N) is 2. The minimum Gasteiger partial charge on any atom is -0.467 e. The quantitative estimate of drug-likeness (QED) is 0.116. The molecule has 0 radical (unpaired) electrons. The molecule has 8 atom stereocenters. The van der Waals surface area contributed by atoms with E-state index >= 15 is 0 Å². The summed E-state index contributed by atoms with van der Waals surface area (Å²) in [6, 6.07) is 0. The molecule has 4 aromatic rings. The number of aliphatic hydroxyl groups is 2. The SMILES string of the molecule is Nc1ncnc2c1ncn2C1=C2OP(O)(=S)OC[C@H]3O[C@@H](n4cnc5c(N)ncnc54)C(O)C3OP(=O)(S)OC[C@@H](O1)C2O. The maximum absolute atomic E-state index is 13.4. The van der Waals surface area contributed by atoms with Crippen LogP contribution in [-0.2, 0) is 43.9 Å². The Hall–Kier alpha value is -3.01. The van der Waals surface area contributed by atoms with Crippen molar-refractivity contribution in [1.29, 1.82) is 0 Å². The largest absolute Gasteiger partial charge is 0.467 e. The van der Waals surface area contributed by atoms with E-state index in [4.69, 9.17) is 50.8 Å². The lowest BCUT2D eigenvalue weighted by Crippen LogP contribution is -2.36. The number of imidazole rings is 2. The molecule has 20 nitrogen and oxygen atoms in total. The fourth-order valence-corrected chi connectivity index (χ4v) is 7.63. The van der Waals surface area contributed by atoms with Crippen molar-refractivity contribution in [2.75, 3.05) is 24.7 Å². The summed E-state index contributed by atoms with van der Waals surface area (Å²) in [6.45, 7) is -9.62. The van der Waals surface area contributed by atoms with Gasteiger partial charge in [-0.2, -0.15) is 0 Å². The molecule has 7 N–H and O–H groups in total. The van der Waals surface area contributed by atoms with Gasteiger partial charge in [-0.25, -0.2) is 39.0 Å². The summed E-state index contributed by atoms with van der Waals surface area (Å²) in [5, 5.41) is 22.3. The predicted molar refractivity (Wildman–Crippen MR) is 154 cm³/mol. The van der Waals surface area contributed by atoms with Gasteiger partial charge >= 0.3 is 13.5 Å². The Labute approximate surface area is 255 Å². The van der Waals surface area contributed by atoms with E-state index in [2.05, 4.69) is 42.2 Å². The van der Waals surface area contributed by atoms with Crippen LogP contribution in [0.25, 0.3) is 28.2 Å². The van der Waals surface area contributed by atoms with Crippen LogP contribution in [0.2, 0.25) is 0 Å². The third kappa shape index (κ3) is 5.11. The van der Waals surface area contributed by atoms with E-state index in [0.717, 1.165) is 0 Å². The van der Waals surface area contributed by atoms with Crippen molar-refractivity contribution in [3.8, 4) is 0 Å². The molecular weight excluding hydrogens is 666 g/mol. The number of hydrogen-bond donors (Lipinski definition) is 6. The molecule has 0 amide bonds. The van der Waals surface area contributed by atoms with Gasteiger partial charge in [-0.15, -0.1) is 0 Å². The van der Waals surface area contributed by atoms with E-state index in [-0.39, 0.29) is 45.6 Å². The third-order valence-corrected chi connectivity index (χ3v) is 9.98. The van der Waals surface area contributed by atoms with E-state index in [9.17, 15) is 19.7 Å². The highest BCUT2D eigenvalue weighted by Gasteiger charge is 2.51. The number of ether oxygens (including phenoxy) is 2. The van der Waals surface area contributed by atoms with Gasteiger partial charge in [0.15, 0.2) is 52.6 Å². The molecule has 24 heteroatoms. The van der Waals surface area contributed by atoms with Crippen LogP contribution < -0.4 is 11.5 Å². The van der Waals surface area contributed by atoms with Gasteiger partial charge in [0.2, 0.25) is 5.88 Å². The third-order valence-electron chi connectivity index (χ3n) is 6.92. The molecule has 7 heterocycles. The summed E-state index contributed by atoms with van der Waals surface area (Å²) in [5.41, 5.74) is 12.7. The fourth-order valence-electron chi connectivity index (χ4n) is 4.90. The van der Waals surface area contributed by atoms with E-state index in [0.29, 0.717) is 0 Å². The molecule has 0 aliphatic carbocycles. The summed E-state index contributed by atoms with van der Waals surface area (Å²) >= 11 is 9.30. The Bertz CT molecular complexity index is 1910. The first kappa shape index (κ1) is 29.7. The first-order valence-corrected chi connectivity index (χ1v) is 17.8. The molecule has 3 aliphatic heterocycles. The highest BCUT2D eigenvalue weighted by atomic mass is 32.7. The highest BCUT2D eigenvalue weighted by molar-refractivity contribution is 8.44. The molecule has 3 aliphatic rings. The maximum atomic E-state index is 13.4. The van der Waals surface area contributed by atoms with E-state index in [1.165, 1.54) is 34.4 Å². The molecule has 44 heavy (non-hydrogen) atoms. The van der Waals surface area contributed by atoms with Crippen LogP contribution in [0.15, 0.2) is 31.1 Å². The average molecular weight is 689 g/mol. The molecule has 2 bridgehead atoms. The second-order valence-electron chi connectivity index (χ2n) is 9.64. The van der Waals surface area contributed by atoms with Crippen molar-refractivity contribution in [3.05, 3.63) is 31.1 Å². The molecule has 2 saturated heterocycles. The average Bonchev–Trinajstić information content (AvgIpc) is 3.73. The Balaban J connectivity index is 1.23. The zero-order valence-electron chi connectivity index (χ0n) is 21.9. The van der Waals surface area contributed by atoms with Crippen LogP contribution in [-0.4, -0.2) is 97.9 Å². The van der Waals surface area contributed by atoms with Gasteiger partial charge in [-0.05, 0) is 0 Å². The van der Waals surface area contributed by atoms with Crippen LogP contribution >= 0.6 is 25.8 Å². The number of aromatic nitrogens is 8. The molecule has 7 rings (SSSR count). The summed E-state index contributed by atoms with van der Waals surface area (Å²) in [6.07, 6.45) is -3.20. The summed E-state index contributed by atoms with van der Waals surface area (Å²) in [4.78, 5) is 35.5. The van der Waals surface area contributed by atoms with Gasteiger partial charge in [-0.3, -0.25) is 18.1 Å². The lowest BCUT2D eigenvalue weighted by atomic mass is 10.1. The lowest BCUT2D eigenvalue weighted by Gasteiger charge is -2.25. The summed E-state index contributed by atoms with van der Waals surface area (Å²) < 4.78 is 50.2. The first-order chi connectivity index (χ1) is 20.9. The molecule has 4 aromatic heterocycles. The molecule has 0 spiro atoms. The van der Waals surface area contributed by atoms with Gasteiger partial charge in [0.1, 0.15) is 42.8 Å². The second kappa shape index (κ2) is 10.8. The van der Waals surface area contributed by atoms with Crippen molar-refractivity contribution in [3.63, 3.8) is 0 Å². The normalized spacial score (nSPS) is 34.6. The number of fused-ring (bicyclic) bond motifs is 5. The molecule has 0 aromatic carbocycles. The zero-order valence-corrected chi connectivity index (χ0v) is 25.4. The number of rotatable bonds is 2. The van der Waals surface area contributed by atoms with Crippen molar-refractivity contribution in [2.24, 2.45) is 0 Å². The van der Waals surface area contributed by atoms with Crippen LogP contribution in [0.1, 0.15) is 6.23 Å². The van der Waals surface area contributed by atoms with Crippen LogP contribution in [0.4, 0.5) is 11.6 Å². The number of nitrogens with zero attached hydrogens (tertiary/aromatic N) is 8.